The molecule has 1 aliphatic heterocycles. The maximum absolute atomic E-state index is 14.1. The van der Waals surface area contributed by atoms with Gasteiger partial charge < -0.3 is 10.1 Å². The highest BCUT2D eigenvalue weighted by atomic mass is 35.5. The van der Waals surface area contributed by atoms with Crippen LogP contribution in [0.4, 0.5) is 5.69 Å². The van der Waals surface area contributed by atoms with Gasteiger partial charge in [0.05, 0.1) is 5.56 Å². The minimum atomic E-state index is -1.59. The lowest BCUT2D eigenvalue weighted by atomic mass is 9.82. The Kier molecular flexibility index (Phi) is 6.66. The third kappa shape index (κ3) is 4.79. The zero-order chi connectivity index (χ0) is 25.9. The molecule has 7 heteroatoms. The molecule has 0 aromatic heterocycles. The average Bonchev–Trinajstić information content (AvgIpc) is 3.26. The molecule has 1 amide bonds. The number of hydrogen-bond acceptors (Lipinski definition) is 5. The van der Waals surface area contributed by atoms with E-state index < -0.39 is 35.5 Å². The van der Waals surface area contributed by atoms with E-state index >= 15 is 0 Å². The molecule has 0 bridgehead atoms. The Bertz CT molecular complexity index is 1510. The van der Waals surface area contributed by atoms with Crippen LogP contribution in [0, 0.1) is 5.92 Å². The first kappa shape index (κ1) is 24.2. The van der Waals surface area contributed by atoms with Crippen LogP contribution in [-0.4, -0.2) is 23.4 Å². The number of hydrogen-bond donors (Lipinski definition) is 1. The van der Waals surface area contributed by atoms with Crippen LogP contribution >= 0.6 is 11.6 Å². The number of nitrogens with one attached hydrogen (secondary N) is 1. The molecule has 1 heterocycles. The quantitative estimate of drug-likeness (QED) is 0.144. The molecule has 182 valence electrons. The number of fused-ring (bicyclic) bond motifs is 1. The first-order valence-electron chi connectivity index (χ1n) is 11.5. The number of esters is 1. The van der Waals surface area contributed by atoms with E-state index in [1.54, 1.807) is 72.8 Å². The summed E-state index contributed by atoms with van der Waals surface area (Å²) in [5.41, 5.74) is 2.59. The van der Waals surface area contributed by atoms with Crippen LogP contribution in [0.15, 0.2) is 103 Å². The predicted molar refractivity (Wildman–Crippen MR) is 139 cm³/mol. The van der Waals surface area contributed by atoms with Gasteiger partial charge in [-0.2, -0.15) is 0 Å². The fraction of sp³-hybridized carbons (Fsp3) is 0.0667. The Labute approximate surface area is 217 Å². The third-order valence-corrected chi connectivity index (χ3v) is 6.44. The van der Waals surface area contributed by atoms with Gasteiger partial charge >= 0.3 is 5.97 Å². The zero-order valence-corrected chi connectivity index (χ0v) is 20.1. The molecule has 37 heavy (non-hydrogen) atoms. The largest absolute Gasteiger partial charge is 0.453 e. The van der Waals surface area contributed by atoms with E-state index in [2.05, 4.69) is 5.32 Å². The number of rotatable bonds is 7. The SMILES string of the molecule is O=C(Nc1ccc(Cl)cc1)C(=O)[C@H](C(=O)c1ccccc1-c1ccccc1)[C@H]1OC(=O)c2ccccc21. The first-order chi connectivity index (χ1) is 17.9. The topological polar surface area (TPSA) is 89.5 Å². The van der Waals surface area contributed by atoms with Crippen LogP contribution in [0.25, 0.3) is 11.1 Å². The summed E-state index contributed by atoms with van der Waals surface area (Å²) in [6.07, 6.45) is -1.25. The summed E-state index contributed by atoms with van der Waals surface area (Å²) in [5.74, 6) is -4.88. The van der Waals surface area contributed by atoms with Crippen LogP contribution in [0.5, 0.6) is 0 Å². The Morgan fingerprint density at radius 3 is 2.11 bits per heavy atom. The molecule has 6 nitrogen and oxygen atoms in total. The van der Waals surface area contributed by atoms with Crippen molar-refractivity contribution >= 4 is 40.7 Å². The van der Waals surface area contributed by atoms with E-state index in [9.17, 15) is 19.2 Å². The van der Waals surface area contributed by atoms with Crippen molar-refractivity contribution in [1.82, 2.24) is 0 Å². The van der Waals surface area contributed by atoms with Crippen molar-refractivity contribution in [3.8, 4) is 11.1 Å². The van der Waals surface area contributed by atoms with E-state index in [1.807, 2.05) is 30.3 Å². The van der Waals surface area contributed by atoms with E-state index in [0.29, 0.717) is 21.8 Å². The second kappa shape index (κ2) is 10.2. The van der Waals surface area contributed by atoms with Crippen LogP contribution < -0.4 is 5.32 Å². The molecule has 4 aromatic carbocycles. The van der Waals surface area contributed by atoms with Gasteiger partial charge in [0.15, 0.2) is 5.78 Å². The summed E-state index contributed by atoms with van der Waals surface area (Å²) in [5, 5.41) is 2.98. The van der Waals surface area contributed by atoms with Gasteiger partial charge in [0.2, 0.25) is 5.78 Å². The normalized spacial score (nSPS) is 14.8. The van der Waals surface area contributed by atoms with Gasteiger partial charge in [0.1, 0.15) is 12.0 Å². The number of Topliss-reactive ketones (excluding diaryl/α,β-unsaturated/α-hetero) is 2. The van der Waals surface area contributed by atoms with E-state index in [1.165, 1.54) is 0 Å². The zero-order valence-electron chi connectivity index (χ0n) is 19.4. The monoisotopic (exact) mass is 509 g/mol. The van der Waals surface area contributed by atoms with Crippen molar-refractivity contribution < 1.29 is 23.9 Å². The van der Waals surface area contributed by atoms with Crippen molar-refractivity contribution in [2.75, 3.05) is 5.32 Å². The number of carbonyl (C=O) groups is 4. The van der Waals surface area contributed by atoms with Crippen molar-refractivity contribution in [3.05, 3.63) is 125 Å². The fourth-order valence-corrected chi connectivity index (χ4v) is 4.54. The minimum Gasteiger partial charge on any atom is -0.453 e. The number of halogens is 1. The molecule has 0 aliphatic carbocycles. The Balaban J connectivity index is 1.57. The molecular formula is C30H20ClNO5. The van der Waals surface area contributed by atoms with Crippen LogP contribution in [0.2, 0.25) is 5.02 Å². The van der Waals surface area contributed by atoms with E-state index in [-0.39, 0.29) is 11.1 Å². The molecule has 0 spiro atoms. The lowest BCUT2D eigenvalue weighted by molar-refractivity contribution is -0.138. The molecule has 2 atom stereocenters. The smallest absolute Gasteiger partial charge is 0.339 e. The molecule has 0 unspecified atom stereocenters. The average molecular weight is 510 g/mol. The summed E-state index contributed by atoms with van der Waals surface area (Å²) in [7, 11) is 0. The van der Waals surface area contributed by atoms with Crippen LogP contribution in [-0.2, 0) is 14.3 Å². The van der Waals surface area contributed by atoms with Crippen molar-refractivity contribution in [2.45, 2.75) is 6.10 Å². The lowest BCUT2D eigenvalue weighted by Gasteiger charge is -2.22. The standard InChI is InChI=1S/C30H20ClNO5/c31-19-14-16-20(17-15-19)32-29(35)27(34)25(28-23-12-6-7-13-24(23)30(36)37-28)26(33)22-11-5-4-10-21(22)18-8-2-1-3-9-18/h1-17,25,28H,(H,32,35)/t25-,28-/m0/s1. The van der Waals surface area contributed by atoms with Gasteiger partial charge in [-0.1, -0.05) is 84.4 Å². The van der Waals surface area contributed by atoms with Gasteiger partial charge in [-0.15, -0.1) is 0 Å². The second-order valence-electron chi connectivity index (χ2n) is 8.49. The summed E-state index contributed by atoms with van der Waals surface area (Å²) in [6.45, 7) is 0. The van der Waals surface area contributed by atoms with Crippen molar-refractivity contribution in [3.63, 3.8) is 0 Å². The number of amides is 1. The Morgan fingerprint density at radius 1 is 0.757 bits per heavy atom. The molecular weight excluding hydrogens is 490 g/mol. The van der Waals surface area contributed by atoms with Crippen molar-refractivity contribution in [1.29, 1.82) is 0 Å². The Hall–Kier alpha value is -4.55. The lowest BCUT2D eigenvalue weighted by Crippen LogP contribution is -2.38. The highest BCUT2D eigenvalue weighted by molar-refractivity contribution is 6.45. The number of cyclic esters (lactones) is 1. The first-order valence-corrected chi connectivity index (χ1v) is 11.9. The van der Waals surface area contributed by atoms with Gasteiger partial charge in [-0.3, -0.25) is 14.4 Å². The van der Waals surface area contributed by atoms with E-state index in [0.717, 1.165) is 5.56 Å². The van der Waals surface area contributed by atoms with Gasteiger partial charge in [-0.05, 0) is 41.5 Å². The number of ether oxygens (including phenoxy) is 1. The predicted octanol–water partition coefficient (Wildman–Crippen LogP) is 5.93. The molecule has 0 saturated heterocycles. The van der Waals surface area contributed by atoms with Gasteiger partial charge in [0.25, 0.3) is 5.91 Å². The molecule has 5 rings (SSSR count). The van der Waals surface area contributed by atoms with E-state index in [4.69, 9.17) is 16.3 Å². The summed E-state index contributed by atoms with van der Waals surface area (Å²) in [4.78, 5) is 53.4. The molecule has 1 N–H and O–H groups in total. The maximum atomic E-state index is 14.1. The molecule has 0 radical (unpaired) electrons. The summed E-state index contributed by atoms with van der Waals surface area (Å²) in [6, 6.07) is 28.8. The fourth-order valence-electron chi connectivity index (χ4n) is 4.42. The number of benzene rings is 4. The van der Waals surface area contributed by atoms with Gasteiger partial charge in [0, 0.05) is 21.8 Å². The van der Waals surface area contributed by atoms with Crippen LogP contribution in [0.1, 0.15) is 32.4 Å². The van der Waals surface area contributed by atoms with Crippen molar-refractivity contribution in [2.24, 2.45) is 5.92 Å². The molecule has 0 fully saturated rings. The number of anilines is 1. The maximum Gasteiger partial charge on any atom is 0.339 e. The Morgan fingerprint density at radius 2 is 1.38 bits per heavy atom. The number of carbonyl (C=O) groups excluding carboxylic acids is 4. The summed E-state index contributed by atoms with van der Waals surface area (Å²) >= 11 is 5.91. The highest BCUT2D eigenvalue weighted by Crippen LogP contribution is 2.39. The minimum absolute atomic E-state index is 0.242. The third-order valence-electron chi connectivity index (χ3n) is 6.19. The number of ketones is 2. The highest BCUT2D eigenvalue weighted by Gasteiger charge is 2.46. The molecule has 1 aliphatic rings. The second-order valence-corrected chi connectivity index (χ2v) is 8.93. The summed E-state index contributed by atoms with van der Waals surface area (Å²) < 4.78 is 5.54. The van der Waals surface area contributed by atoms with Gasteiger partial charge in [-0.25, -0.2) is 4.79 Å². The molecule has 0 saturated carbocycles. The van der Waals surface area contributed by atoms with Crippen LogP contribution in [0.3, 0.4) is 0 Å². The molecule has 4 aromatic rings.